The molecule has 0 saturated carbocycles. The molecule has 0 spiro atoms. The van der Waals surface area contributed by atoms with Gasteiger partial charge in [0.1, 0.15) is 23.7 Å². The van der Waals surface area contributed by atoms with Crippen LogP contribution in [0.15, 0.2) is 59.4 Å². The number of fused-ring (bicyclic) bond motifs is 1. The first-order chi connectivity index (χ1) is 17.2. The fraction of sp³-hybridized carbons (Fsp3) is 0.370. The Morgan fingerprint density at radius 2 is 1.43 bits per heavy atom. The predicted molar refractivity (Wildman–Crippen MR) is 135 cm³/mol. The van der Waals surface area contributed by atoms with Gasteiger partial charge < -0.3 is 24.4 Å². The van der Waals surface area contributed by atoms with Gasteiger partial charge in [-0.15, -0.1) is 0 Å². The van der Waals surface area contributed by atoms with Crippen LogP contribution in [-0.4, -0.2) is 63.6 Å². The molecule has 2 aliphatic rings. The molecular weight excluding hydrogens is 442 g/mol. The van der Waals surface area contributed by atoms with Crippen molar-refractivity contribution in [3.8, 4) is 22.5 Å². The minimum atomic E-state index is -0.259. The average Bonchev–Trinajstić information content (AvgIpc) is 3.30. The van der Waals surface area contributed by atoms with Gasteiger partial charge in [0, 0.05) is 43.5 Å². The van der Waals surface area contributed by atoms with Gasteiger partial charge in [-0.2, -0.15) is 0 Å². The number of pyridine rings is 1. The first kappa shape index (κ1) is 22.0. The van der Waals surface area contributed by atoms with Gasteiger partial charge in [0.05, 0.1) is 17.6 Å². The summed E-state index contributed by atoms with van der Waals surface area (Å²) in [5.74, 6) is 2.47. The lowest BCUT2D eigenvalue weighted by Gasteiger charge is -2.30. The summed E-state index contributed by atoms with van der Waals surface area (Å²) < 4.78 is 6.38. The molecule has 0 radical (unpaired) electrons. The summed E-state index contributed by atoms with van der Waals surface area (Å²) in [4.78, 5) is 18.3. The van der Waals surface area contributed by atoms with E-state index in [4.69, 9.17) is 9.40 Å². The van der Waals surface area contributed by atoms with Gasteiger partial charge in [-0.3, -0.25) is 0 Å². The lowest BCUT2D eigenvalue weighted by molar-refractivity contribution is 0.145. The molecule has 1 aromatic carbocycles. The molecule has 0 aliphatic carbocycles. The van der Waals surface area contributed by atoms with Crippen LogP contribution < -0.4 is 9.80 Å². The maximum absolute atomic E-state index is 10.0. The summed E-state index contributed by atoms with van der Waals surface area (Å²) >= 11 is 0. The van der Waals surface area contributed by atoms with Crippen LogP contribution in [-0.2, 0) is 0 Å². The second-order valence-corrected chi connectivity index (χ2v) is 9.39. The fourth-order valence-corrected chi connectivity index (χ4v) is 5.12. The first-order valence-electron chi connectivity index (χ1n) is 12.3. The first-order valence-corrected chi connectivity index (χ1v) is 12.3. The molecule has 2 N–H and O–H groups in total. The van der Waals surface area contributed by atoms with Crippen LogP contribution in [0.25, 0.3) is 33.6 Å². The van der Waals surface area contributed by atoms with Crippen LogP contribution in [0, 0.1) is 0 Å². The van der Waals surface area contributed by atoms with E-state index in [1.165, 1.54) is 0 Å². The molecule has 5 heterocycles. The molecule has 0 amide bonds. The second-order valence-electron chi connectivity index (χ2n) is 9.39. The summed E-state index contributed by atoms with van der Waals surface area (Å²) in [5, 5.41) is 20.7. The SMILES string of the molecule is OC1CCN(c2ccc(-c3oc4ncnc(N5CCC(O)CC5)c4c3-c3ccccc3)cn2)CC1. The highest BCUT2D eigenvalue weighted by Crippen LogP contribution is 2.43. The third-order valence-electron chi connectivity index (χ3n) is 7.09. The largest absolute Gasteiger partial charge is 0.437 e. The van der Waals surface area contributed by atoms with E-state index in [9.17, 15) is 10.2 Å². The van der Waals surface area contributed by atoms with E-state index >= 15 is 0 Å². The molecule has 6 rings (SSSR count). The zero-order valence-electron chi connectivity index (χ0n) is 19.5. The zero-order chi connectivity index (χ0) is 23.8. The highest BCUT2D eigenvalue weighted by atomic mass is 16.3. The van der Waals surface area contributed by atoms with Crippen LogP contribution in [0.4, 0.5) is 11.6 Å². The zero-order valence-corrected chi connectivity index (χ0v) is 19.5. The summed E-state index contributed by atoms with van der Waals surface area (Å²) in [6.07, 6.45) is 5.90. The van der Waals surface area contributed by atoms with Crippen molar-refractivity contribution in [2.45, 2.75) is 37.9 Å². The van der Waals surface area contributed by atoms with E-state index in [2.05, 4.69) is 31.9 Å². The van der Waals surface area contributed by atoms with Gasteiger partial charge >= 0.3 is 0 Å². The number of furan rings is 1. The standard InChI is InChI=1S/C27H29N5O3/c33-20-8-12-31(13-9-20)22-7-6-19(16-28-22)25-23(18-4-2-1-3-5-18)24-26(29-17-30-27(24)35-25)32-14-10-21(34)11-15-32/h1-7,16-17,20-21,33-34H,8-15H2. The molecule has 2 saturated heterocycles. The third-order valence-corrected chi connectivity index (χ3v) is 7.09. The van der Waals surface area contributed by atoms with E-state index in [0.29, 0.717) is 5.71 Å². The minimum Gasteiger partial charge on any atom is -0.437 e. The van der Waals surface area contributed by atoms with Crippen LogP contribution in [0.2, 0.25) is 0 Å². The van der Waals surface area contributed by atoms with Gasteiger partial charge in [0.15, 0.2) is 0 Å². The Morgan fingerprint density at radius 3 is 2.09 bits per heavy atom. The number of rotatable bonds is 4. The number of hydrogen-bond donors (Lipinski definition) is 2. The molecule has 3 aromatic heterocycles. The molecule has 35 heavy (non-hydrogen) atoms. The maximum atomic E-state index is 10.0. The van der Waals surface area contributed by atoms with Crippen molar-refractivity contribution >= 4 is 22.7 Å². The van der Waals surface area contributed by atoms with Crippen LogP contribution >= 0.6 is 0 Å². The highest BCUT2D eigenvalue weighted by Gasteiger charge is 2.27. The highest BCUT2D eigenvalue weighted by molar-refractivity contribution is 6.06. The molecule has 8 nitrogen and oxygen atoms in total. The molecule has 0 bridgehead atoms. The Morgan fingerprint density at radius 1 is 0.743 bits per heavy atom. The summed E-state index contributed by atoms with van der Waals surface area (Å²) in [5.41, 5.74) is 3.41. The lowest BCUT2D eigenvalue weighted by atomic mass is 9.99. The third kappa shape index (κ3) is 4.24. The normalized spacial score (nSPS) is 17.9. The van der Waals surface area contributed by atoms with E-state index in [1.807, 2.05) is 36.5 Å². The number of aromatic nitrogens is 3. The van der Waals surface area contributed by atoms with Crippen molar-refractivity contribution in [3.05, 3.63) is 55.0 Å². The van der Waals surface area contributed by atoms with Crippen LogP contribution in [0.5, 0.6) is 0 Å². The average molecular weight is 472 g/mol. The number of aliphatic hydroxyl groups is 2. The van der Waals surface area contributed by atoms with Crippen LogP contribution in [0.3, 0.4) is 0 Å². The Bertz CT molecular complexity index is 1290. The Hall–Kier alpha value is -3.49. The fourth-order valence-electron chi connectivity index (χ4n) is 5.12. The molecule has 2 fully saturated rings. The molecule has 180 valence electrons. The summed E-state index contributed by atoms with van der Waals surface area (Å²) in [7, 11) is 0. The Balaban J connectivity index is 1.44. The summed E-state index contributed by atoms with van der Waals surface area (Å²) in [6.45, 7) is 3.08. The van der Waals surface area contributed by atoms with Crippen LogP contribution in [0.1, 0.15) is 25.7 Å². The van der Waals surface area contributed by atoms with Crippen molar-refractivity contribution in [3.63, 3.8) is 0 Å². The van der Waals surface area contributed by atoms with Gasteiger partial charge in [-0.25, -0.2) is 15.0 Å². The number of aliphatic hydroxyl groups excluding tert-OH is 2. The number of nitrogens with zero attached hydrogens (tertiary/aromatic N) is 5. The molecule has 8 heteroatoms. The quantitative estimate of drug-likeness (QED) is 0.463. The maximum Gasteiger partial charge on any atom is 0.232 e. The smallest absolute Gasteiger partial charge is 0.232 e. The van der Waals surface area contributed by atoms with Gasteiger partial charge in [-0.05, 0) is 43.4 Å². The molecule has 0 atom stereocenters. The van der Waals surface area contributed by atoms with Crippen molar-refractivity contribution in [1.82, 2.24) is 15.0 Å². The van der Waals surface area contributed by atoms with E-state index in [-0.39, 0.29) is 12.2 Å². The van der Waals surface area contributed by atoms with Crippen molar-refractivity contribution in [2.24, 2.45) is 0 Å². The van der Waals surface area contributed by atoms with Crippen molar-refractivity contribution in [2.75, 3.05) is 36.0 Å². The van der Waals surface area contributed by atoms with Gasteiger partial charge in [0.2, 0.25) is 5.71 Å². The second kappa shape index (κ2) is 9.28. The summed E-state index contributed by atoms with van der Waals surface area (Å²) in [6, 6.07) is 14.3. The number of piperidine rings is 2. The molecular formula is C27H29N5O3. The topological polar surface area (TPSA) is 98.8 Å². The van der Waals surface area contributed by atoms with Gasteiger partial charge in [-0.1, -0.05) is 30.3 Å². The molecule has 0 unspecified atom stereocenters. The predicted octanol–water partition coefficient (Wildman–Crippen LogP) is 3.87. The van der Waals surface area contributed by atoms with E-state index < -0.39 is 0 Å². The number of benzene rings is 1. The van der Waals surface area contributed by atoms with Gasteiger partial charge in [0.25, 0.3) is 0 Å². The molecule has 4 aromatic rings. The monoisotopic (exact) mass is 471 g/mol. The van der Waals surface area contributed by atoms with E-state index in [0.717, 1.165) is 91.3 Å². The van der Waals surface area contributed by atoms with E-state index in [1.54, 1.807) is 6.33 Å². The minimum absolute atomic E-state index is 0.215. The van der Waals surface area contributed by atoms with Crippen molar-refractivity contribution < 1.29 is 14.6 Å². The Labute approximate surface area is 203 Å². The van der Waals surface area contributed by atoms with Crippen molar-refractivity contribution in [1.29, 1.82) is 0 Å². The lowest BCUT2D eigenvalue weighted by Crippen LogP contribution is -2.36. The Kier molecular flexibility index (Phi) is 5.83. The number of anilines is 2. The number of hydrogen-bond acceptors (Lipinski definition) is 8. The molecule has 2 aliphatic heterocycles.